The van der Waals surface area contributed by atoms with Crippen LogP contribution < -0.4 is 14.8 Å². The lowest BCUT2D eigenvalue weighted by Gasteiger charge is -2.68. The zero-order valence-corrected chi connectivity index (χ0v) is 23.0. The number of likely N-dealkylation sites (tertiary alicyclic amines) is 1. The van der Waals surface area contributed by atoms with E-state index in [0.29, 0.717) is 19.0 Å². The predicted octanol–water partition coefficient (Wildman–Crippen LogP) is 4.44. The van der Waals surface area contributed by atoms with Gasteiger partial charge in [-0.3, -0.25) is 4.90 Å². The van der Waals surface area contributed by atoms with E-state index in [0.717, 1.165) is 55.3 Å². The van der Waals surface area contributed by atoms with Gasteiger partial charge in [-0.05, 0) is 74.1 Å². The van der Waals surface area contributed by atoms with Gasteiger partial charge in [0.15, 0.2) is 11.5 Å². The van der Waals surface area contributed by atoms with E-state index in [1.807, 2.05) is 36.4 Å². The summed E-state index contributed by atoms with van der Waals surface area (Å²) in [4.78, 5) is 15.6. The van der Waals surface area contributed by atoms with Gasteiger partial charge in [0.2, 0.25) is 0 Å². The maximum atomic E-state index is 12.8. The van der Waals surface area contributed by atoms with Gasteiger partial charge in [0.05, 0.1) is 13.2 Å². The Morgan fingerprint density at radius 1 is 1.18 bits per heavy atom. The third kappa shape index (κ3) is 3.72. The summed E-state index contributed by atoms with van der Waals surface area (Å²) in [6, 6.07) is 14.4. The van der Waals surface area contributed by atoms with E-state index in [9.17, 15) is 9.90 Å². The molecule has 39 heavy (non-hydrogen) atoms. The van der Waals surface area contributed by atoms with E-state index in [1.165, 1.54) is 24.0 Å². The molecule has 2 aliphatic heterocycles. The normalized spacial score (nSPS) is 33.1. The van der Waals surface area contributed by atoms with Gasteiger partial charge in [0.1, 0.15) is 12.7 Å². The fourth-order valence-electron chi connectivity index (χ4n) is 8.92. The van der Waals surface area contributed by atoms with Gasteiger partial charge < -0.3 is 24.6 Å². The molecule has 2 N–H and O–H groups in total. The van der Waals surface area contributed by atoms with Gasteiger partial charge in [-0.25, -0.2) is 4.79 Å². The molecule has 2 saturated carbocycles. The summed E-state index contributed by atoms with van der Waals surface area (Å²) in [5.41, 5.74) is 3.14. The SMILES string of the molecule is COc1ccc2c3c1O[C@H]1[C@@H](O)CC[C@@]4(C(C)CNC(=O)OCc5ccccc5)[C@@H](C2)N(CC2CC2)CC[C@]314. The van der Waals surface area contributed by atoms with Crippen molar-refractivity contribution in [2.75, 3.05) is 26.7 Å². The Labute approximate surface area is 230 Å². The number of amides is 1. The van der Waals surface area contributed by atoms with Gasteiger partial charge >= 0.3 is 6.09 Å². The molecule has 2 heterocycles. The van der Waals surface area contributed by atoms with Gasteiger partial charge in [0, 0.05) is 35.5 Å². The maximum Gasteiger partial charge on any atom is 0.407 e. The average Bonchev–Trinajstić information content (AvgIpc) is 3.71. The number of hydrogen-bond acceptors (Lipinski definition) is 6. The lowest BCUT2D eigenvalue weighted by Crippen LogP contribution is -2.75. The Hall–Kier alpha value is -2.77. The molecule has 208 valence electrons. The average molecular weight is 533 g/mol. The predicted molar refractivity (Wildman–Crippen MR) is 147 cm³/mol. The van der Waals surface area contributed by atoms with Crippen molar-refractivity contribution in [2.24, 2.45) is 17.3 Å². The number of ether oxygens (including phenoxy) is 3. The number of benzene rings is 2. The molecule has 1 spiro atoms. The highest BCUT2D eigenvalue weighted by Crippen LogP contribution is 2.71. The van der Waals surface area contributed by atoms with E-state index in [4.69, 9.17) is 14.2 Å². The van der Waals surface area contributed by atoms with Crippen molar-refractivity contribution in [1.29, 1.82) is 0 Å². The number of alkyl carbamates (subject to hydrolysis) is 1. The molecular formula is C32H40N2O5. The summed E-state index contributed by atoms with van der Waals surface area (Å²) in [5.74, 6) is 2.56. The van der Waals surface area contributed by atoms with Crippen LogP contribution in [0, 0.1) is 17.3 Å². The summed E-state index contributed by atoms with van der Waals surface area (Å²) in [7, 11) is 1.70. The number of aliphatic hydroxyl groups excluding tert-OH is 1. The molecular weight excluding hydrogens is 492 g/mol. The summed E-state index contributed by atoms with van der Waals surface area (Å²) < 4.78 is 18.1. The molecule has 6 atom stereocenters. The zero-order chi connectivity index (χ0) is 26.8. The zero-order valence-electron chi connectivity index (χ0n) is 23.0. The van der Waals surface area contributed by atoms with Gasteiger partial charge in [-0.1, -0.05) is 43.3 Å². The summed E-state index contributed by atoms with van der Waals surface area (Å²) in [5, 5.41) is 14.5. The molecule has 5 aliphatic rings. The van der Waals surface area contributed by atoms with Crippen LogP contribution in [-0.4, -0.2) is 61.1 Å². The fourth-order valence-corrected chi connectivity index (χ4v) is 8.92. The van der Waals surface area contributed by atoms with Crippen molar-refractivity contribution in [1.82, 2.24) is 10.2 Å². The van der Waals surface area contributed by atoms with Crippen molar-refractivity contribution < 1.29 is 24.1 Å². The number of rotatable bonds is 8. The van der Waals surface area contributed by atoms with E-state index >= 15 is 0 Å². The topological polar surface area (TPSA) is 80.3 Å². The second-order valence-corrected chi connectivity index (χ2v) is 12.5. The standard InChI is InChI=1S/C32H40N2O5/c1-20(17-33-30(36)38-19-22-6-4-3-5-7-22)31-13-12-24(35)29-32(31)14-15-34(18-21-8-9-21)26(31)16-23-10-11-25(37-2)28(39-29)27(23)32/h3-7,10-11,20-21,24,26,29,35H,8-9,12-19H2,1-2H3,(H,33,36)/t20?,24-,26+,29-,31+,32-/m0/s1. The summed E-state index contributed by atoms with van der Waals surface area (Å²) in [6.07, 6.45) is 4.99. The monoisotopic (exact) mass is 532 g/mol. The van der Waals surface area contributed by atoms with Crippen molar-refractivity contribution >= 4 is 6.09 Å². The molecule has 2 aromatic carbocycles. The Bertz CT molecular complexity index is 1250. The van der Waals surface area contributed by atoms with Crippen LogP contribution in [0.1, 0.15) is 55.7 Å². The molecule has 3 fully saturated rings. The van der Waals surface area contributed by atoms with Gasteiger partial charge in [-0.2, -0.15) is 0 Å². The smallest absolute Gasteiger partial charge is 0.407 e. The third-order valence-electron chi connectivity index (χ3n) is 10.7. The van der Waals surface area contributed by atoms with Crippen LogP contribution in [0.3, 0.4) is 0 Å². The molecule has 0 aromatic heterocycles. The van der Waals surface area contributed by atoms with Crippen molar-refractivity contribution in [3.05, 3.63) is 59.2 Å². The Morgan fingerprint density at radius 2 is 2.00 bits per heavy atom. The van der Waals surface area contributed by atoms with Crippen LogP contribution >= 0.6 is 0 Å². The van der Waals surface area contributed by atoms with Crippen LogP contribution in [-0.2, 0) is 23.2 Å². The number of methoxy groups -OCH3 is 1. The number of aliphatic hydroxyl groups is 1. The largest absolute Gasteiger partial charge is 0.493 e. The van der Waals surface area contributed by atoms with Crippen LogP contribution in [0.4, 0.5) is 4.79 Å². The minimum atomic E-state index is -0.521. The minimum Gasteiger partial charge on any atom is -0.493 e. The summed E-state index contributed by atoms with van der Waals surface area (Å²) in [6.45, 7) is 5.25. The Balaban J connectivity index is 1.23. The summed E-state index contributed by atoms with van der Waals surface area (Å²) >= 11 is 0. The molecule has 2 bridgehead atoms. The van der Waals surface area contributed by atoms with Crippen LogP contribution in [0.5, 0.6) is 11.5 Å². The first-order valence-corrected chi connectivity index (χ1v) is 14.7. The lowest BCUT2D eigenvalue weighted by atomic mass is 9.40. The molecule has 0 radical (unpaired) electrons. The number of carbonyl (C=O) groups excluding carboxylic acids is 1. The van der Waals surface area contributed by atoms with Crippen molar-refractivity contribution in [2.45, 2.75) is 75.7 Å². The highest BCUT2D eigenvalue weighted by Gasteiger charge is 2.74. The number of carbonyl (C=O) groups is 1. The molecule has 1 unspecified atom stereocenters. The molecule has 3 aliphatic carbocycles. The van der Waals surface area contributed by atoms with E-state index in [-0.39, 0.29) is 35.6 Å². The van der Waals surface area contributed by atoms with Crippen molar-refractivity contribution in [3.63, 3.8) is 0 Å². The van der Waals surface area contributed by atoms with Crippen LogP contribution in [0.15, 0.2) is 42.5 Å². The molecule has 7 heteroatoms. The number of nitrogens with one attached hydrogen (secondary N) is 1. The van der Waals surface area contributed by atoms with E-state index in [2.05, 4.69) is 23.2 Å². The van der Waals surface area contributed by atoms with Crippen LogP contribution in [0.2, 0.25) is 0 Å². The minimum absolute atomic E-state index is 0.138. The lowest BCUT2D eigenvalue weighted by molar-refractivity contribution is -0.182. The highest BCUT2D eigenvalue weighted by molar-refractivity contribution is 5.67. The highest BCUT2D eigenvalue weighted by atomic mass is 16.5. The molecule has 2 aromatic rings. The fraction of sp³-hybridized carbons (Fsp3) is 0.594. The molecule has 7 rings (SSSR count). The Kier molecular flexibility index (Phi) is 6.08. The molecule has 1 amide bonds. The molecule has 7 nitrogen and oxygen atoms in total. The van der Waals surface area contributed by atoms with Gasteiger partial charge in [-0.15, -0.1) is 0 Å². The first-order chi connectivity index (χ1) is 19.0. The second-order valence-electron chi connectivity index (χ2n) is 12.5. The quantitative estimate of drug-likeness (QED) is 0.524. The number of piperidine rings is 1. The maximum absolute atomic E-state index is 12.8. The second kappa shape index (κ2) is 9.41. The number of nitrogens with zero attached hydrogens (tertiary/aromatic N) is 1. The van der Waals surface area contributed by atoms with Crippen LogP contribution in [0.25, 0.3) is 0 Å². The first-order valence-electron chi connectivity index (χ1n) is 14.7. The third-order valence-corrected chi connectivity index (χ3v) is 10.7. The first kappa shape index (κ1) is 25.2. The number of hydrogen-bond donors (Lipinski definition) is 2. The molecule has 1 saturated heterocycles. The van der Waals surface area contributed by atoms with Crippen molar-refractivity contribution in [3.8, 4) is 11.5 Å². The van der Waals surface area contributed by atoms with E-state index in [1.54, 1.807) is 7.11 Å². The van der Waals surface area contributed by atoms with E-state index < -0.39 is 6.10 Å². The Morgan fingerprint density at radius 3 is 2.77 bits per heavy atom. The van der Waals surface area contributed by atoms with Gasteiger partial charge in [0.25, 0.3) is 0 Å².